The molecule has 2 aromatic rings. The zero-order valence-electron chi connectivity index (χ0n) is 14.2. The van der Waals surface area contributed by atoms with Crippen LogP contribution >= 0.6 is 11.8 Å². The Kier molecular flexibility index (Phi) is 6.28. The van der Waals surface area contributed by atoms with Gasteiger partial charge in [0.25, 0.3) is 0 Å². The van der Waals surface area contributed by atoms with Crippen LogP contribution in [0.1, 0.15) is 43.8 Å². The van der Waals surface area contributed by atoms with Gasteiger partial charge in [-0.15, -0.1) is 0 Å². The number of rotatable bonds is 7. The molecule has 4 nitrogen and oxygen atoms in total. The summed E-state index contributed by atoms with van der Waals surface area (Å²) < 4.78 is 0. The van der Waals surface area contributed by atoms with Crippen LogP contribution in [0.25, 0.3) is 0 Å². The van der Waals surface area contributed by atoms with Crippen molar-refractivity contribution in [3.05, 3.63) is 47.3 Å². The second-order valence-electron chi connectivity index (χ2n) is 6.20. The van der Waals surface area contributed by atoms with Gasteiger partial charge in [0.05, 0.1) is 17.5 Å². The van der Waals surface area contributed by atoms with E-state index in [1.54, 1.807) is 0 Å². The Morgan fingerprint density at radius 3 is 2.61 bits per heavy atom. The zero-order chi connectivity index (χ0) is 16.8. The smallest absolute Gasteiger partial charge is 0.230 e. The number of amides is 1. The monoisotopic (exact) mass is 331 g/mol. The summed E-state index contributed by atoms with van der Waals surface area (Å²) in [4.78, 5) is 19.9. The maximum Gasteiger partial charge on any atom is 0.230 e. The van der Waals surface area contributed by atoms with Crippen LogP contribution in [0.4, 0.5) is 0 Å². The molecule has 0 aliphatic rings. The van der Waals surface area contributed by atoms with Gasteiger partial charge in [0.15, 0.2) is 5.16 Å². The highest BCUT2D eigenvalue weighted by Gasteiger charge is 2.12. The lowest BCUT2D eigenvalue weighted by Gasteiger charge is -2.13. The molecule has 2 rings (SSSR count). The maximum atomic E-state index is 12.1. The van der Waals surface area contributed by atoms with Gasteiger partial charge in [-0.1, -0.05) is 55.9 Å². The first-order valence-corrected chi connectivity index (χ1v) is 8.97. The van der Waals surface area contributed by atoms with E-state index in [1.807, 2.05) is 44.2 Å². The Morgan fingerprint density at radius 2 is 1.96 bits per heavy atom. The Balaban J connectivity index is 1.85. The minimum atomic E-state index is 0.0131. The number of carbonyl (C=O) groups excluding carboxylic acids is 1. The van der Waals surface area contributed by atoms with Gasteiger partial charge in [-0.2, -0.15) is 0 Å². The van der Waals surface area contributed by atoms with Gasteiger partial charge >= 0.3 is 0 Å². The first-order chi connectivity index (χ1) is 11.0. The predicted molar refractivity (Wildman–Crippen MR) is 95.6 cm³/mol. The van der Waals surface area contributed by atoms with E-state index in [0.29, 0.717) is 11.7 Å². The van der Waals surface area contributed by atoms with E-state index >= 15 is 0 Å². The number of aryl methyl sites for hydroxylation is 1. The third kappa shape index (κ3) is 5.43. The molecule has 1 heterocycles. The number of hydrogen-bond acceptors (Lipinski definition) is 3. The molecule has 1 atom stereocenters. The second kappa shape index (κ2) is 8.20. The van der Waals surface area contributed by atoms with Crippen molar-refractivity contribution >= 4 is 17.7 Å². The van der Waals surface area contributed by atoms with Crippen molar-refractivity contribution in [2.75, 3.05) is 5.75 Å². The predicted octanol–water partition coefficient (Wildman–Crippen LogP) is 3.89. The van der Waals surface area contributed by atoms with Crippen LogP contribution in [0.3, 0.4) is 0 Å². The fourth-order valence-electron chi connectivity index (χ4n) is 2.36. The van der Waals surface area contributed by atoms with Crippen molar-refractivity contribution in [1.29, 1.82) is 0 Å². The number of imidazole rings is 1. The lowest BCUT2D eigenvalue weighted by molar-refractivity contribution is -0.119. The summed E-state index contributed by atoms with van der Waals surface area (Å²) in [5.41, 5.74) is 3.30. The first kappa shape index (κ1) is 17.6. The van der Waals surface area contributed by atoms with Gasteiger partial charge in [0.2, 0.25) is 5.91 Å². The van der Waals surface area contributed by atoms with E-state index in [2.05, 4.69) is 29.1 Å². The van der Waals surface area contributed by atoms with Gasteiger partial charge in [0.1, 0.15) is 0 Å². The largest absolute Gasteiger partial charge is 0.349 e. The highest BCUT2D eigenvalue weighted by Crippen LogP contribution is 2.19. The number of carbonyl (C=O) groups is 1. The summed E-state index contributed by atoms with van der Waals surface area (Å²) in [7, 11) is 0. The molecule has 1 amide bonds. The highest BCUT2D eigenvalue weighted by molar-refractivity contribution is 7.99. The van der Waals surface area contributed by atoms with E-state index in [4.69, 9.17) is 0 Å². The molecular weight excluding hydrogens is 306 g/mol. The van der Waals surface area contributed by atoms with Crippen LogP contribution < -0.4 is 5.32 Å². The van der Waals surface area contributed by atoms with Gasteiger partial charge < -0.3 is 10.3 Å². The molecular formula is C18H25N3OS. The third-order valence-corrected chi connectivity index (χ3v) is 4.46. The molecule has 2 N–H and O–H groups in total. The first-order valence-electron chi connectivity index (χ1n) is 7.98. The van der Waals surface area contributed by atoms with E-state index in [1.165, 1.54) is 11.8 Å². The summed E-state index contributed by atoms with van der Waals surface area (Å²) in [5, 5.41) is 3.84. The van der Waals surface area contributed by atoms with Crippen molar-refractivity contribution in [3.8, 4) is 0 Å². The summed E-state index contributed by atoms with van der Waals surface area (Å²) in [6.45, 7) is 8.39. The molecule has 0 fully saturated rings. The van der Waals surface area contributed by atoms with E-state index < -0.39 is 0 Å². The van der Waals surface area contributed by atoms with E-state index in [0.717, 1.165) is 28.5 Å². The average molecular weight is 331 g/mol. The lowest BCUT2D eigenvalue weighted by atomic mass is 10.1. The van der Waals surface area contributed by atoms with Crippen molar-refractivity contribution in [2.45, 2.75) is 45.3 Å². The van der Waals surface area contributed by atoms with E-state index in [9.17, 15) is 4.79 Å². The topological polar surface area (TPSA) is 57.8 Å². The quantitative estimate of drug-likeness (QED) is 0.757. The number of H-pyrrole nitrogens is 1. The molecule has 124 valence electrons. The fraction of sp³-hybridized carbons (Fsp3) is 0.444. The number of hydrogen-bond donors (Lipinski definition) is 2. The van der Waals surface area contributed by atoms with Crippen LogP contribution in [-0.4, -0.2) is 21.6 Å². The Bertz CT molecular complexity index is 637. The van der Waals surface area contributed by atoms with E-state index in [-0.39, 0.29) is 11.9 Å². The van der Waals surface area contributed by atoms with Gasteiger partial charge in [0, 0.05) is 5.69 Å². The van der Waals surface area contributed by atoms with Crippen molar-refractivity contribution in [1.82, 2.24) is 15.3 Å². The fourth-order valence-corrected chi connectivity index (χ4v) is 3.11. The molecule has 0 aliphatic heterocycles. The van der Waals surface area contributed by atoms with Gasteiger partial charge in [-0.25, -0.2) is 4.98 Å². The molecule has 23 heavy (non-hydrogen) atoms. The number of nitrogens with one attached hydrogen (secondary N) is 2. The SMILES string of the molecule is Cc1[nH]c(SCC(=O)N[C@@H](C)c2ccccc2)nc1CC(C)C. The van der Waals surface area contributed by atoms with Gasteiger partial charge in [-0.3, -0.25) is 4.79 Å². The molecule has 0 aliphatic carbocycles. The molecule has 5 heteroatoms. The van der Waals surface area contributed by atoms with Crippen LogP contribution in [-0.2, 0) is 11.2 Å². The Hall–Kier alpha value is -1.75. The number of benzene rings is 1. The minimum absolute atomic E-state index is 0.0131. The van der Waals surface area contributed by atoms with Gasteiger partial charge in [-0.05, 0) is 31.7 Å². The normalized spacial score (nSPS) is 12.4. The summed E-state index contributed by atoms with van der Waals surface area (Å²) >= 11 is 1.45. The maximum absolute atomic E-state index is 12.1. The summed E-state index contributed by atoms with van der Waals surface area (Å²) in [6.07, 6.45) is 0.958. The Morgan fingerprint density at radius 1 is 1.26 bits per heavy atom. The number of aromatic nitrogens is 2. The Labute approximate surface area is 142 Å². The zero-order valence-corrected chi connectivity index (χ0v) is 15.0. The van der Waals surface area contributed by atoms with Crippen molar-refractivity contribution in [3.63, 3.8) is 0 Å². The standard InChI is InChI=1S/C18H25N3OS/c1-12(2)10-16-14(4)20-18(21-16)23-11-17(22)19-13(3)15-8-6-5-7-9-15/h5-9,12-13H,10-11H2,1-4H3,(H,19,22)(H,20,21)/t13-/m0/s1. The highest BCUT2D eigenvalue weighted by atomic mass is 32.2. The molecule has 1 aromatic carbocycles. The molecule has 0 radical (unpaired) electrons. The number of nitrogens with zero attached hydrogens (tertiary/aromatic N) is 1. The second-order valence-corrected chi connectivity index (χ2v) is 7.16. The third-order valence-electron chi connectivity index (χ3n) is 3.58. The minimum Gasteiger partial charge on any atom is -0.349 e. The van der Waals surface area contributed by atoms with Crippen molar-refractivity contribution in [2.24, 2.45) is 5.92 Å². The van der Waals surface area contributed by atoms with Crippen LogP contribution in [0.5, 0.6) is 0 Å². The van der Waals surface area contributed by atoms with Crippen LogP contribution in [0, 0.1) is 12.8 Å². The summed E-state index contributed by atoms with van der Waals surface area (Å²) in [6, 6.07) is 9.99. The summed E-state index contributed by atoms with van der Waals surface area (Å²) in [5.74, 6) is 0.960. The molecule has 0 unspecified atom stereocenters. The number of thioether (sulfide) groups is 1. The molecule has 0 saturated carbocycles. The number of aromatic amines is 1. The van der Waals surface area contributed by atoms with Crippen molar-refractivity contribution < 1.29 is 4.79 Å². The average Bonchev–Trinajstić information content (AvgIpc) is 2.85. The van der Waals surface area contributed by atoms with Crippen LogP contribution in [0.15, 0.2) is 35.5 Å². The van der Waals surface area contributed by atoms with Crippen LogP contribution in [0.2, 0.25) is 0 Å². The molecule has 0 bridgehead atoms. The molecule has 0 saturated heterocycles. The molecule has 0 spiro atoms. The molecule has 1 aromatic heterocycles. The lowest BCUT2D eigenvalue weighted by Crippen LogP contribution is -2.28.